The molecule has 0 saturated carbocycles. The fraction of sp³-hybridized carbons (Fsp3) is 0.222. The van der Waals surface area contributed by atoms with Gasteiger partial charge >= 0.3 is 245 Å². The zero-order chi connectivity index (χ0) is 28.9. The van der Waals surface area contributed by atoms with Crippen LogP contribution in [0.25, 0.3) is 0 Å². The molecule has 4 nitrogen and oxygen atoms in total. The number of nitriles is 4. The third-order valence-corrected chi connectivity index (χ3v) is 22.8. The van der Waals surface area contributed by atoms with Gasteiger partial charge in [-0.25, -0.2) is 0 Å². The van der Waals surface area contributed by atoms with Crippen molar-refractivity contribution in [2.24, 2.45) is 10.8 Å². The summed E-state index contributed by atoms with van der Waals surface area (Å²) >= 11 is -3.93. The summed E-state index contributed by atoms with van der Waals surface area (Å²) in [6.45, 7) is 0. The molecule has 0 radical (unpaired) electrons. The van der Waals surface area contributed by atoms with Gasteiger partial charge in [0.25, 0.3) is 0 Å². The van der Waals surface area contributed by atoms with E-state index in [1.807, 2.05) is 97.1 Å². The van der Waals surface area contributed by atoms with Crippen LogP contribution in [0.1, 0.15) is 34.1 Å². The van der Waals surface area contributed by atoms with Gasteiger partial charge < -0.3 is 0 Å². The van der Waals surface area contributed by atoms with Gasteiger partial charge in [-0.2, -0.15) is 0 Å². The standard InChI is InChI=1S/C36H28GeN4/c1-37(2)35(29-19-11-5-12-20-29)31(27-15-7-3-8-16-27)32(28-17-9-4-10-18-28)36(37,30-21-13-6-14-22-30)34(25-40,26-41)33(35,23-38)24-39/h3-22,31-32H,1-2H3. The van der Waals surface area contributed by atoms with Crippen molar-refractivity contribution >= 4 is 13.3 Å². The zero-order valence-electron chi connectivity index (χ0n) is 23.0. The third-order valence-electron chi connectivity index (χ3n) is 10.4. The first-order chi connectivity index (χ1) is 19.9. The van der Waals surface area contributed by atoms with Crippen molar-refractivity contribution in [1.29, 1.82) is 21.0 Å². The Morgan fingerprint density at radius 3 is 1.00 bits per heavy atom. The number of nitrogens with zero attached hydrogens (tertiary/aromatic N) is 4. The molecule has 0 aliphatic carbocycles. The number of hydrogen-bond acceptors (Lipinski definition) is 4. The molecule has 4 aromatic carbocycles. The minimum absolute atomic E-state index is 0.335. The van der Waals surface area contributed by atoms with Gasteiger partial charge in [-0.3, -0.25) is 0 Å². The quantitative estimate of drug-likeness (QED) is 0.233. The van der Waals surface area contributed by atoms with E-state index < -0.39 is 32.6 Å². The Labute approximate surface area is 244 Å². The molecule has 41 heavy (non-hydrogen) atoms. The molecule has 2 fully saturated rings. The van der Waals surface area contributed by atoms with E-state index in [-0.39, 0.29) is 11.8 Å². The topological polar surface area (TPSA) is 95.2 Å². The van der Waals surface area contributed by atoms with Gasteiger partial charge in [0.05, 0.1) is 0 Å². The van der Waals surface area contributed by atoms with Crippen LogP contribution in [0.15, 0.2) is 121 Å². The van der Waals surface area contributed by atoms with Crippen molar-refractivity contribution in [3.63, 3.8) is 0 Å². The Morgan fingerprint density at radius 1 is 0.463 bits per heavy atom. The molecule has 2 aliphatic heterocycles. The van der Waals surface area contributed by atoms with Crippen LogP contribution in [0.3, 0.4) is 0 Å². The monoisotopic (exact) mass is 590 g/mol. The van der Waals surface area contributed by atoms with E-state index in [9.17, 15) is 21.0 Å². The predicted octanol–water partition coefficient (Wildman–Crippen LogP) is 7.31. The molecule has 2 bridgehead atoms. The van der Waals surface area contributed by atoms with E-state index in [0.29, 0.717) is 0 Å². The maximum atomic E-state index is 11.3. The van der Waals surface area contributed by atoms with Crippen LogP contribution in [-0.4, -0.2) is 13.3 Å². The van der Waals surface area contributed by atoms with E-state index in [1.165, 1.54) is 0 Å². The molecular formula is C36H28GeN4. The SMILES string of the molecule is [CH3][Ge]1([CH3])[C]2(c3ccccc3)C(c3ccccc3)C(c3ccccc3)[C]1(c1ccccc1)C(C#N)(C#N)C2(C#N)C#N. The van der Waals surface area contributed by atoms with Crippen LogP contribution in [0.4, 0.5) is 0 Å². The third kappa shape index (κ3) is 2.72. The van der Waals surface area contributed by atoms with Gasteiger partial charge in [-0.05, 0) is 0 Å². The molecule has 5 heteroatoms. The fourth-order valence-corrected chi connectivity index (χ4v) is 24.3. The Bertz CT molecular complexity index is 1610. The van der Waals surface area contributed by atoms with Crippen molar-refractivity contribution < 1.29 is 0 Å². The number of hydrogen-bond donors (Lipinski definition) is 0. The summed E-state index contributed by atoms with van der Waals surface area (Å²) < 4.78 is -2.14. The summed E-state index contributed by atoms with van der Waals surface area (Å²) in [5, 5.41) is 45.3. The van der Waals surface area contributed by atoms with Gasteiger partial charge in [0.15, 0.2) is 0 Å². The molecule has 2 heterocycles. The van der Waals surface area contributed by atoms with E-state index in [2.05, 4.69) is 60.1 Å². The summed E-state index contributed by atoms with van der Waals surface area (Å²) in [6, 6.07) is 49.8. The summed E-state index contributed by atoms with van der Waals surface area (Å²) in [5.41, 5.74) is -0.102. The van der Waals surface area contributed by atoms with Crippen molar-refractivity contribution in [3.8, 4) is 24.3 Å². The molecule has 4 atom stereocenters. The normalized spacial score (nSPS) is 28.0. The summed E-state index contributed by atoms with van der Waals surface area (Å²) in [6.07, 6.45) is 0. The predicted molar refractivity (Wildman–Crippen MR) is 159 cm³/mol. The van der Waals surface area contributed by atoms with Crippen LogP contribution >= 0.6 is 0 Å². The van der Waals surface area contributed by atoms with E-state index in [4.69, 9.17) is 0 Å². The number of fused-ring (bicyclic) bond motifs is 2. The van der Waals surface area contributed by atoms with Crippen LogP contribution < -0.4 is 0 Å². The molecule has 6 rings (SSSR count). The van der Waals surface area contributed by atoms with Gasteiger partial charge in [0.2, 0.25) is 0 Å². The Balaban J connectivity index is 1.97. The van der Waals surface area contributed by atoms with Crippen molar-refractivity contribution in [2.45, 2.75) is 31.8 Å². The second-order valence-corrected chi connectivity index (χ2v) is 21.8. The maximum absolute atomic E-state index is 11.3. The molecule has 0 aromatic heterocycles. The second kappa shape index (κ2) is 9.21. The van der Waals surface area contributed by atoms with Crippen LogP contribution in [-0.2, 0) is 8.49 Å². The molecule has 2 aliphatic rings. The first kappa shape index (κ1) is 26.6. The number of benzene rings is 4. The van der Waals surface area contributed by atoms with E-state index in [1.54, 1.807) is 0 Å². The molecule has 0 amide bonds. The van der Waals surface area contributed by atoms with E-state index in [0.717, 1.165) is 22.3 Å². The number of rotatable bonds is 4. The Hall–Kier alpha value is -4.62. The zero-order valence-corrected chi connectivity index (χ0v) is 25.1. The molecule has 196 valence electrons. The van der Waals surface area contributed by atoms with Gasteiger partial charge in [0, 0.05) is 0 Å². The van der Waals surface area contributed by atoms with Crippen molar-refractivity contribution in [1.82, 2.24) is 0 Å². The average Bonchev–Trinajstić information content (AvgIpc) is 3.32. The summed E-state index contributed by atoms with van der Waals surface area (Å²) in [5.74, 6) is 3.85. The molecular weight excluding hydrogens is 561 g/mol. The Kier molecular flexibility index (Phi) is 5.98. The summed E-state index contributed by atoms with van der Waals surface area (Å²) in [4.78, 5) is 0. The molecule has 0 spiro atoms. The first-order valence-corrected chi connectivity index (χ1v) is 20.1. The molecule has 2 saturated heterocycles. The van der Waals surface area contributed by atoms with Crippen LogP contribution in [0, 0.1) is 56.2 Å². The molecule has 4 aromatic rings. The molecule has 0 N–H and O–H groups in total. The second-order valence-electron chi connectivity index (χ2n) is 11.7. The average molecular weight is 589 g/mol. The van der Waals surface area contributed by atoms with Crippen LogP contribution in [0.5, 0.6) is 0 Å². The van der Waals surface area contributed by atoms with Crippen molar-refractivity contribution in [3.05, 3.63) is 144 Å². The first-order valence-electron chi connectivity index (χ1n) is 13.8. The van der Waals surface area contributed by atoms with Gasteiger partial charge in [0.1, 0.15) is 0 Å². The van der Waals surface area contributed by atoms with Crippen LogP contribution in [0.2, 0.25) is 11.5 Å². The molecule has 4 unspecified atom stereocenters. The fourth-order valence-electron chi connectivity index (χ4n) is 9.44. The van der Waals surface area contributed by atoms with Crippen molar-refractivity contribution in [2.75, 3.05) is 0 Å². The Morgan fingerprint density at radius 2 is 0.732 bits per heavy atom. The van der Waals surface area contributed by atoms with E-state index >= 15 is 0 Å². The summed E-state index contributed by atoms with van der Waals surface area (Å²) in [7, 11) is 0. The van der Waals surface area contributed by atoms with Gasteiger partial charge in [-0.15, -0.1) is 0 Å². The van der Waals surface area contributed by atoms with Gasteiger partial charge in [-0.1, -0.05) is 0 Å². The minimum atomic E-state index is -3.93.